The Labute approximate surface area is 178 Å². The summed E-state index contributed by atoms with van der Waals surface area (Å²) in [5, 5.41) is 1.74. The van der Waals surface area contributed by atoms with Gasteiger partial charge in [0.15, 0.2) is 0 Å². The Bertz CT molecular complexity index is 1060. The standard InChI is InChI=1S/C20H19Cl3N4O/c21-15-4-5-18-24-16(10-19(28)27(18)12-15)13-26-8-6-25(7-9-26)11-14-2-1-3-17(22)20(14)23/h1-5,10,12H,6-9,11,13H2. The molecular weight excluding hydrogens is 419 g/mol. The maximum absolute atomic E-state index is 12.3. The molecule has 3 aromatic rings. The predicted molar refractivity (Wildman–Crippen MR) is 113 cm³/mol. The molecule has 0 N–H and O–H groups in total. The first-order valence-electron chi connectivity index (χ1n) is 9.05. The van der Waals surface area contributed by atoms with E-state index in [2.05, 4.69) is 14.8 Å². The predicted octanol–water partition coefficient (Wildman–Crippen LogP) is 3.97. The first-order valence-corrected chi connectivity index (χ1v) is 10.2. The lowest BCUT2D eigenvalue weighted by Crippen LogP contribution is -2.45. The van der Waals surface area contributed by atoms with E-state index in [9.17, 15) is 4.79 Å². The average Bonchev–Trinajstić information content (AvgIpc) is 2.68. The molecule has 8 heteroatoms. The van der Waals surface area contributed by atoms with Gasteiger partial charge in [-0.15, -0.1) is 0 Å². The van der Waals surface area contributed by atoms with Crippen LogP contribution in [0.5, 0.6) is 0 Å². The van der Waals surface area contributed by atoms with Gasteiger partial charge < -0.3 is 0 Å². The number of hydrogen-bond donors (Lipinski definition) is 0. The molecule has 4 rings (SSSR count). The summed E-state index contributed by atoms with van der Waals surface area (Å²) in [6, 6.07) is 10.8. The van der Waals surface area contributed by atoms with Crippen LogP contribution >= 0.6 is 34.8 Å². The number of piperazine rings is 1. The number of rotatable bonds is 4. The van der Waals surface area contributed by atoms with Crippen molar-refractivity contribution in [2.75, 3.05) is 26.2 Å². The minimum atomic E-state index is -0.114. The Morgan fingerprint density at radius 3 is 2.39 bits per heavy atom. The summed E-state index contributed by atoms with van der Waals surface area (Å²) in [5.74, 6) is 0. The van der Waals surface area contributed by atoms with Crippen molar-refractivity contribution in [3.05, 3.63) is 79.3 Å². The van der Waals surface area contributed by atoms with Gasteiger partial charge >= 0.3 is 0 Å². The van der Waals surface area contributed by atoms with Crippen molar-refractivity contribution in [2.24, 2.45) is 0 Å². The van der Waals surface area contributed by atoms with Gasteiger partial charge in [-0.2, -0.15) is 0 Å². The van der Waals surface area contributed by atoms with Crippen LogP contribution in [-0.4, -0.2) is 45.4 Å². The molecule has 0 radical (unpaired) electrons. The van der Waals surface area contributed by atoms with E-state index in [1.54, 1.807) is 30.5 Å². The third-order valence-corrected chi connectivity index (χ3v) is 6.03. The van der Waals surface area contributed by atoms with E-state index in [4.69, 9.17) is 34.8 Å². The minimum Gasteiger partial charge on any atom is -0.296 e. The number of fused-ring (bicyclic) bond motifs is 1. The molecule has 1 aliphatic rings. The van der Waals surface area contributed by atoms with Gasteiger partial charge in [0.1, 0.15) is 5.65 Å². The number of pyridine rings is 1. The summed E-state index contributed by atoms with van der Waals surface area (Å²) in [4.78, 5) is 21.6. The zero-order valence-electron chi connectivity index (χ0n) is 15.1. The Kier molecular flexibility index (Phi) is 5.90. The van der Waals surface area contributed by atoms with Crippen molar-refractivity contribution in [3.8, 4) is 0 Å². The molecule has 1 saturated heterocycles. The van der Waals surface area contributed by atoms with Gasteiger partial charge in [0.25, 0.3) is 5.56 Å². The van der Waals surface area contributed by atoms with E-state index in [0.29, 0.717) is 27.3 Å². The highest BCUT2D eigenvalue weighted by molar-refractivity contribution is 6.42. The third-order valence-electron chi connectivity index (χ3n) is 4.95. The third kappa shape index (κ3) is 4.34. The molecule has 1 fully saturated rings. The fourth-order valence-electron chi connectivity index (χ4n) is 3.45. The normalized spacial score (nSPS) is 16.0. The van der Waals surface area contributed by atoms with Crippen molar-refractivity contribution in [1.82, 2.24) is 19.2 Å². The van der Waals surface area contributed by atoms with Crippen LogP contribution in [0, 0.1) is 0 Å². The average molecular weight is 438 g/mol. The number of nitrogens with zero attached hydrogens (tertiary/aromatic N) is 4. The van der Waals surface area contributed by atoms with Crippen LogP contribution in [0.2, 0.25) is 15.1 Å². The van der Waals surface area contributed by atoms with Crippen molar-refractivity contribution in [3.63, 3.8) is 0 Å². The molecule has 0 spiro atoms. The molecule has 1 aromatic carbocycles. The van der Waals surface area contributed by atoms with E-state index >= 15 is 0 Å². The van der Waals surface area contributed by atoms with Crippen LogP contribution in [0.4, 0.5) is 0 Å². The molecule has 5 nitrogen and oxygen atoms in total. The zero-order valence-corrected chi connectivity index (χ0v) is 17.4. The van der Waals surface area contributed by atoms with E-state index in [-0.39, 0.29) is 5.56 Å². The van der Waals surface area contributed by atoms with Crippen LogP contribution in [0.1, 0.15) is 11.3 Å². The van der Waals surface area contributed by atoms with E-state index in [0.717, 1.165) is 44.0 Å². The van der Waals surface area contributed by atoms with Crippen molar-refractivity contribution in [1.29, 1.82) is 0 Å². The molecule has 146 valence electrons. The number of aromatic nitrogens is 2. The first kappa shape index (κ1) is 19.7. The summed E-state index contributed by atoms with van der Waals surface area (Å²) >= 11 is 18.4. The number of benzene rings is 1. The molecular formula is C20H19Cl3N4O. The molecule has 0 bridgehead atoms. The van der Waals surface area contributed by atoms with Gasteiger partial charge in [0.2, 0.25) is 0 Å². The molecule has 0 unspecified atom stereocenters. The van der Waals surface area contributed by atoms with E-state index < -0.39 is 0 Å². The van der Waals surface area contributed by atoms with Gasteiger partial charge in [-0.3, -0.25) is 19.0 Å². The molecule has 2 aromatic heterocycles. The lowest BCUT2D eigenvalue weighted by molar-refractivity contribution is 0.121. The molecule has 0 atom stereocenters. The summed E-state index contributed by atoms with van der Waals surface area (Å²) in [7, 11) is 0. The van der Waals surface area contributed by atoms with Crippen LogP contribution in [0.15, 0.2) is 47.4 Å². The molecule has 28 heavy (non-hydrogen) atoms. The van der Waals surface area contributed by atoms with E-state index in [1.165, 1.54) is 4.40 Å². The van der Waals surface area contributed by atoms with Crippen LogP contribution < -0.4 is 5.56 Å². The second kappa shape index (κ2) is 8.39. The maximum Gasteiger partial charge on any atom is 0.258 e. The van der Waals surface area contributed by atoms with Crippen molar-refractivity contribution >= 4 is 40.4 Å². The van der Waals surface area contributed by atoms with Gasteiger partial charge in [0.05, 0.1) is 20.8 Å². The fourth-order valence-corrected chi connectivity index (χ4v) is 3.99. The van der Waals surface area contributed by atoms with Crippen LogP contribution in [-0.2, 0) is 13.1 Å². The molecule has 0 aliphatic carbocycles. The Hall–Kier alpha value is -1.63. The minimum absolute atomic E-state index is 0.114. The Balaban J connectivity index is 1.39. The molecule has 3 heterocycles. The SMILES string of the molecule is O=c1cc(CN2CCN(Cc3cccc(Cl)c3Cl)CC2)nc2ccc(Cl)cn12. The lowest BCUT2D eigenvalue weighted by Gasteiger charge is -2.34. The largest absolute Gasteiger partial charge is 0.296 e. The summed E-state index contributed by atoms with van der Waals surface area (Å²) < 4.78 is 1.47. The Morgan fingerprint density at radius 1 is 0.929 bits per heavy atom. The second-order valence-electron chi connectivity index (χ2n) is 6.93. The highest BCUT2D eigenvalue weighted by atomic mass is 35.5. The Morgan fingerprint density at radius 2 is 1.64 bits per heavy atom. The zero-order chi connectivity index (χ0) is 19.7. The topological polar surface area (TPSA) is 40.9 Å². The van der Waals surface area contributed by atoms with Gasteiger partial charge in [0, 0.05) is 51.5 Å². The van der Waals surface area contributed by atoms with Crippen LogP contribution in [0.25, 0.3) is 5.65 Å². The smallest absolute Gasteiger partial charge is 0.258 e. The summed E-state index contributed by atoms with van der Waals surface area (Å²) in [6.45, 7) is 5.08. The maximum atomic E-state index is 12.3. The molecule has 1 aliphatic heterocycles. The van der Waals surface area contributed by atoms with Gasteiger partial charge in [-0.05, 0) is 23.8 Å². The summed E-state index contributed by atoms with van der Waals surface area (Å²) in [6.07, 6.45) is 1.59. The first-order chi connectivity index (χ1) is 13.5. The van der Waals surface area contributed by atoms with Gasteiger partial charge in [-0.25, -0.2) is 4.98 Å². The van der Waals surface area contributed by atoms with Gasteiger partial charge in [-0.1, -0.05) is 46.9 Å². The number of hydrogen-bond acceptors (Lipinski definition) is 4. The lowest BCUT2D eigenvalue weighted by atomic mass is 10.2. The van der Waals surface area contributed by atoms with E-state index in [1.807, 2.05) is 12.1 Å². The fraction of sp³-hybridized carbons (Fsp3) is 0.300. The van der Waals surface area contributed by atoms with Crippen molar-refractivity contribution < 1.29 is 0 Å². The molecule has 0 saturated carbocycles. The van der Waals surface area contributed by atoms with Crippen LogP contribution in [0.3, 0.4) is 0 Å². The highest BCUT2D eigenvalue weighted by Crippen LogP contribution is 2.26. The summed E-state index contributed by atoms with van der Waals surface area (Å²) in [5.41, 5.74) is 2.32. The highest BCUT2D eigenvalue weighted by Gasteiger charge is 2.19. The monoisotopic (exact) mass is 436 g/mol. The van der Waals surface area contributed by atoms with Crippen molar-refractivity contribution in [2.45, 2.75) is 13.1 Å². The second-order valence-corrected chi connectivity index (χ2v) is 8.15. The number of halogens is 3. The molecule has 0 amide bonds. The quantitative estimate of drug-likeness (QED) is 0.619.